The molecule has 0 aromatic carbocycles. The molecule has 0 rings (SSSR count). The van der Waals surface area contributed by atoms with Crippen molar-refractivity contribution in [2.45, 2.75) is 47.1 Å². The Bertz CT molecular complexity index is 241. The van der Waals surface area contributed by atoms with Gasteiger partial charge in [-0.3, -0.25) is 4.79 Å². The van der Waals surface area contributed by atoms with Gasteiger partial charge in [0.2, 0.25) is 5.91 Å². The summed E-state index contributed by atoms with van der Waals surface area (Å²) in [6.45, 7) is 9.23. The molecule has 0 spiro atoms. The Hall–Kier alpha value is -1.06. The van der Waals surface area contributed by atoms with Gasteiger partial charge in [0.25, 0.3) is 0 Å². The first-order chi connectivity index (χ1) is 6.64. The van der Waals surface area contributed by atoms with Gasteiger partial charge in [-0.25, -0.2) is 4.79 Å². The number of hydrogen-bond acceptors (Lipinski definition) is 2. The van der Waals surface area contributed by atoms with Gasteiger partial charge in [0.1, 0.15) is 6.04 Å². The van der Waals surface area contributed by atoms with E-state index in [0.717, 1.165) is 0 Å². The normalized spacial score (nSPS) is 13.7. The Morgan fingerprint density at radius 2 is 1.73 bits per heavy atom. The number of hydrogen-bond donors (Lipinski definition) is 2. The molecule has 1 atom stereocenters. The summed E-state index contributed by atoms with van der Waals surface area (Å²) < 4.78 is 0. The minimum absolute atomic E-state index is 0.202. The van der Waals surface area contributed by atoms with Gasteiger partial charge >= 0.3 is 5.97 Å². The van der Waals surface area contributed by atoms with Crippen molar-refractivity contribution in [3.8, 4) is 0 Å². The first-order valence-corrected chi connectivity index (χ1v) is 5.16. The van der Waals surface area contributed by atoms with Gasteiger partial charge in [0.15, 0.2) is 0 Å². The van der Waals surface area contributed by atoms with E-state index in [2.05, 4.69) is 5.32 Å². The quantitative estimate of drug-likeness (QED) is 0.749. The monoisotopic (exact) mass is 215 g/mol. The van der Waals surface area contributed by atoms with Crippen LogP contribution in [0.2, 0.25) is 0 Å². The Morgan fingerprint density at radius 1 is 1.27 bits per heavy atom. The lowest BCUT2D eigenvalue weighted by Crippen LogP contribution is -2.49. The molecule has 0 aromatic rings. The van der Waals surface area contributed by atoms with Crippen LogP contribution >= 0.6 is 0 Å². The number of carbonyl (C=O) groups is 2. The number of carboxylic acids is 1. The third-order valence-corrected chi connectivity index (χ3v) is 2.01. The van der Waals surface area contributed by atoms with Crippen LogP contribution in [0.1, 0.15) is 41.0 Å². The maximum absolute atomic E-state index is 11.4. The largest absolute Gasteiger partial charge is 0.480 e. The predicted molar refractivity (Wildman–Crippen MR) is 58.5 cm³/mol. The molecule has 0 saturated heterocycles. The van der Waals surface area contributed by atoms with Crippen molar-refractivity contribution in [1.82, 2.24) is 5.32 Å². The molecule has 88 valence electrons. The van der Waals surface area contributed by atoms with Gasteiger partial charge in [-0.15, -0.1) is 0 Å². The van der Waals surface area contributed by atoms with Crippen molar-refractivity contribution in [3.63, 3.8) is 0 Å². The predicted octanol–water partition coefficient (Wildman–Crippen LogP) is 1.65. The number of amides is 1. The summed E-state index contributed by atoms with van der Waals surface area (Å²) in [5.74, 6) is -0.952. The fourth-order valence-electron chi connectivity index (χ4n) is 1.24. The first-order valence-electron chi connectivity index (χ1n) is 5.16. The lowest BCUT2D eigenvalue weighted by molar-refractivity contribution is -0.145. The number of carbonyl (C=O) groups excluding carboxylic acids is 1. The molecule has 1 unspecified atom stereocenters. The van der Waals surface area contributed by atoms with E-state index < -0.39 is 17.4 Å². The van der Waals surface area contributed by atoms with E-state index in [4.69, 9.17) is 5.11 Å². The molecular formula is C11H21NO3. The van der Waals surface area contributed by atoms with Crippen molar-refractivity contribution in [2.24, 2.45) is 11.3 Å². The van der Waals surface area contributed by atoms with Crippen LogP contribution in [0, 0.1) is 11.3 Å². The zero-order valence-electron chi connectivity index (χ0n) is 10.1. The highest BCUT2D eigenvalue weighted by Gasteiger charge is 2.32. The maximum Gasteiger partial charge on any atom is 0.326 e. The van der Waals surface area contributed by atoms with E-state index in [1.165, 1.54) is 0 Å². The average molecular weight is 215 g/mol. The number of carboxylic acid groups (broad SMARTS) is 1. The molecule has 1 amide bonds. The van der Waals surface area contributed by atoms with Crippen molar-refractivity contribution >= 4 is 11.9 Å². The van der Waals surface area contributed by atoms with Gasteiger partial charge in [-0.05, 0) is 11.3 Å². The summed E-state index contributed by atoms with van der Waals surface area (Å²) in [5.41, 5.74) is -0.474. The van der Waals surface area contributed by atoms with Crippen molar-refractivity contribution < 1.29 is 14.7 Å². The topological polar surface area (TPSA) is 66.4 Å². The molecular weight excluding hydrogens is 194 g/mol. The Morgan fingerprint density at radius 3 is 2.00 bits per heavy atom. The summed E-state index contributed by atoms with van der Waals surface area (Å²) >= 11 is 0. The second-order valence-corrected chi connectivity index (χ2v) is 5.30. The number of nitrogens with one attached hydrogen (secondary N) is 1. The van der Waals surface area contributed by atoms with Crippen LogP contribution in [-0.4, -0.2) is 23.0 Å². The lowest BCUT2D eigenvalue weighted by atomic mass is 9.86. The van der Waals surface area contributed by atoms with Crippen LogP contribution in [0.5, 0.6) is 0 Å². The number of aliphatic carboxylic acids is 1. The van der Waals surface area contributed by atoms with E-state index >= 15 is 0 Å². The van der Waals surface area contributed by atoms with Crippen molar-refractivity contribution in [2.75, 3.05) is 0 Å². The van der Waals surface area contributed by atoms with Gasteiger partial charge in [0, 0.05) is 6.42 Å². The highest BCUT2D eigenvalue weighted by molar-refractivity contribution is 5.84. The molecule has 0 aliphatic rings. The third-order valence-electron chi connectivity index (χ3n) is 2.01. The van der Waals surface area contributed by atoms with Gasteiger partial charge in [-0.1, -0.05) is 34.6 Å². The summed E-state index contributed by atoms with van der Waals surface area (Å²) in [6, 6.07) is -0.830. The van der Waals surface area contributed by atoms with Crippen LogP contribution < -0.4 is 5.32 Å². The van der Waals surface area contributed by atoms with E-state index in [9.17, 15) is 9.59 Å². The molecule has 0 aliphatic heterocycles. The summed E-state index contributed by atoms with van der Waals surface area (Å²) in [6.07, 6.45) is 0.361. The van der Waals surface area contributed by atoms with Crippen LogP contribution in [-0.2, 0) is 9.59 Å². The Kier molecular flexibility index (Phi) is 4.78. The van der Waals surface area contributed by atoms with Crippen molar-refractivity contribution in [3.05, 3.63) is 0 Å². The Balaban J connectivity index is 4.44. The molecule has 0 aliphatic carbocycles. The fraction of sp³-hybridized carbons (Fsp3) is 0.818. The van der Waals surface area contributed by atoms with Crippen LogP contribution in [0.4, 0.5) is 0 Å². The summed E-state index contributed by atoms with van der Waals surface area (Å²) in [7, 11) is 0. The molecule has 0 heterocycles. The molecule has 0 radical (unpaired) electrons. The molecule has 0 fully saturated rings. The molecule has 0 aromatic heterocycles. The molecule has 0 saturated carbocycles. The fourth-order valence-corrected chi connectivity index (χ4v) is 1.24. The number of rotatable bonds is 4. The summed E-state index contributed by atoms with van der Waals surface area (Å²) in [4.78, 5) is 22.4. The molecule has 4 heteroatoms. The zero-order valence-corrected chi connectivity index (χ0v) is 10.1. The van der Waals surface area contributed by atoms with Crippen LogP contribution in [0.3, 0.4) is 0 Å². The third kappa shape index (κ3) is 5.40. The molecule has 2 N–H and O–H groups in total. The van der Waals surface area contributed by atoms with Gasteiger partial charge in [-0.2, -0.15) is 0 Å². The van der Waals surface area contributed by atoms with E-state index in [1.54, 1.807) is 20.8 Å². The maximum atomic E-state index is 11.4. The first kappa shape index (κ1) is 13.9. The standard InChI is InChI=1S/C11H21NO3/c1-7(2)6-8(13)12-9(10(14)15)11(3,4)5/h7,9H,6H2,1-5H3,(H,12,13)(H,14,15). The zero-order chi connectivity index (χ0) is 12.2. The molecule has 4 nitrogen and oxygen atoms in total. The minimum Gasteiger partial charge on any atom is -0.480 e. The highest BCUT2D eigenvalue weighted by atomic mass is 16.4. The van der Waals surface area contributed by atoms with E-state index in [0.29, 0.717) is 6.42 Å². The molecule has 15 heavy (non-hydrogen) atoms. The SMILES string of the molecule is CC(C)CC(=O)NC(C(=O)O)C(C)(C)C. The second kappa shape index (κ2) is 5.14. The minimum atomic E-state index is -0.986. The smallest absolute Gasteiger partial charge is 0.326 e. The van der Waals surface area contributed by atoms with Crippen molar-refractivity contribution in [1.29, 1.82) is 0 Å². The van der Waals surface area contributed by atoms with E-state index in [1.807, 2.05) is 13.8 Å². The average Bonchev–Trinajstić information content (AvgIpc) is 1.95. The summed E-state index contributed by atoms with van der Waals surface area (Å²) in [5, 5.41) is 11.5. The second-order valence-electron chi connectivity index (χ2n) is 5.30. The van der Waals surface area contributed by atoms with Crippen LogP contribution in [0.15, 0.2) is 0 Å². The highest BCUT2D eigenvalue weighted by Crippen LogP contribution is 2.19. The van der Waals surface area contributed by atoms with Gasteiger partial charge < -0.3 is 10.4 Å². The van der Waals surface area contributed by atoms with Gasteiger partial charge in [0.05, 0.1) is 0 Å². The molecule has 0 bridgehead atoms. The van der Waals surface area contributed by atoms with E-state index in [-0.39, 0.29) is 11.8 Å². The lowest BCUT2D eigenvalue weighted by Gasteiger charge is -2.28. The Labute approximate surface area is 91.1 Å². The van der Waals surface area contributed by atoms with Crippen LogP contribution in [0.25, 0.3) is 0 Å².